The third-order valence-electron chi connectivity index (χ3n) is 3.97. The highest BCUT2D eigenvalue weighted by Crippen LogP contribution is 2.28. The summed E-state index contributed by atoms with van der Waals surface area (Å²) in [6, 6.07) is 14.4. The standard InChI is InChI=1S/C25H30N2O4/c1-24(2,3)22(28)30-21(15-12-17-10-8-7-9-11-17)18-13-14-19(26)20(16-18)27-23(29)31-25(4,5)6/h7-11,13-14,16,21H,26H2,1-6H3,(H,27,29). The van der Waals surface area contributed by atoms with Crippen LogP contribution in [-0.4, -0.2) is 17.7 Å². The molecule has 1 unspecified atom stereocenters. The molecule has 0 spiro atoms. The zero-order valence-corrected chi connectivity index (χ0v) is 18.9. The number of carbonyl (C=O) groups excluding carboxylic acids is 2. The zero-order chi connectivity index (χ0) is 23.2. The number of hydrogen-bond donors (Lipinski definition) is 2. The van der Waals surface area contributed by atoms with Crippen molar-refractivity contribution in [1.29, 1.82) is 0 Å². The maximum Gasteiger partial charge on any atom is 0.412 e. The SMILES string of the molecule is CC(C)(C)OC(=O)Nc1cc(C(C#Cc2ccccc2)OC(=O)C(C)(C)C)ccc1N. The number of anilines is 2. The molecule has 0 saturated carbocycles. The zero-order valence-electron chi connectivity index (χ0n) is 18.9. The molecule has 31 heavy (non-hydrogen) atoms. The van der Waals surface area contributed by atoms with Gasteiger partial charge in [0.1, 0.15) is 5.60 Å². The summed E-state index contributed by atoms with van der Waals surface area (Å²) in [7, 11) is 0. The molecule has 0 aliphatic rings. The van der Waals surface area contributed by atoms with Crippen molar-refractivity contribution >= 4 is 23.4 Å². The van der Waals surface area contributed by atoms with Crippen molar-refractivity contribution in [2.45, 2.75) is 53.2 Å². The van der Waals surface area contributed by atoms with Crippen LogP contribution in [0.15, 0.2) is 48.5 Å². The fraction of sp³-hybridized carbons (Fsp3) is 0.360. The molecular weight excluding hydrogens is 392 g/mol. The van der Waals surface area contributed by atoms with Crippen LogP contribution in [-0.2, 0) is 14.3 Å². The summed E-state index contributed by atoms with van der Waals surface area (Å²) in [5, 5.41) is 2.64. The summed E-state index contributed by atoms with van der Waals surface area (Å²) in [6.07, 6.45) is -1.47. The van der Waals surface area contributed by atoms with E-state index in [-0.39, 0.29) is 0 Å². The second kappa shape index (κ2) is 9.57. The third-order valence-corrected chi connectivity index (χ3v) is 3.97. The molecule has 1 atom stereocenters. The van der Waals surface area contributed by atoms with E-state index in [2.05, 4.69) is 17.2 Å². The van der Waals surface area contributed by atoms with E-state index in [0.717, 1.165) is 5.56 Å². The molecule has 0 heterocycles. The molecule has 164 valence electrons. The van der Waals surface area contributed by atoms with Gasteiger partial charge in [-0.1, -0.05) is 30.2 Å². The summed E-state index contributed by atoms with van der Waals surface area (Å²) in [5.74, 6) is 5.66. The number of carbonyl (C=O) groups is 2. The van der Waals surface area contributed by atoms with E-state index in [1.165, 1.54) is 0 Å². The van der Waals surface area contributed by atoms with Gasteiger partial charge < -0.3 is 15.2 Å². The van der Waals surface area contributed by atoms with Gasteiger partial charge in [-0.3, -0.25) is 10.1 Å². The van der Waals surface area contributed by atoms with Crippen LogP contribution < -0.4 is 11.1 Å². The average molecular weight is 423 g/mol. The number of rotatable bonds is 3. The van der Waals surface area contributed by atoms with Gasteiger partial charge in [0.15, 0.2) is 6.10 Å². The van der Waals surface area contributed by atoms with Crippen molar-refractivity contribution in [3.05, 3.63) is 59.7 Å². The highest BCUT2D eigenvalue weighted by Gasteiger charge is 2.27. The van der Waals surface area contributed by atoms with Crippen LogP contribution in [0.2, 0.25) is 0 Å². The molecule has 0 saturated heterocycles. The molecule has 0 bridgehead atoms. The number of nitrogens with two attached hydrogens (primary N) is 1. The number of nitrogens with one attached hydrogen (secondary N) is 1. The minimum atomic E-state index is -0.841. The van der Waals surface area contributed by atoms with Crippen molar-refractivity contribution in [2.24, 2.45) is 5.41 Å². The van der Waals surface area contributed by atoms with E-state index in [1.54, 1.807) is 59.7 Å². The van der Waals surface area contributed by atoms with Crippen LogP contribution in [0.5, 0.6) is 0 Å². The Kier molecular flexibility index (Phi) is 7.35. The molecule has 2 rings (SSSR count). The lowest BCUT2D eigenvalue weighted by atomic mass is 9.97. The number of nitrogen functional groups attached to an aromatic ring is 1. The van der Waals surface area contributed by atoms with E-state index in [4.69, 9.17) is 15.2 Å². The Morgan fingerprint density at radius 1 is 1.00 bits per heavy atom. The number of amides is 1. The van der Waals surface area contributed by atoms with Gasteiger partial charge in [0.2, 0.25) is 0 Å². The van der Waals surface area contributed by atoms with Gasteiger partial charge in [0.05, 0.1) is 16.8 Å². The van der Waals surface area contributed by atoms with Crippen molar-refractivity contribution in [2.75, 3.05) is 11.1 Å². The van der Waals surface area contributed by atoms with Crippen LogP contribution in [0.3, 0.4) is 0 Å². The largest absolute Gasteiger partial charge is 0.444 e. The Balaban J connectivity index is 2.37. The fourth-order valence-corrected chi connectivity index (χ4v) is 2.39. The van der Waals surface area contributed by atoms with Gasteiger partial charge >= 0.3 is 12.1 Å². The van der Waals surface area contributed by atoms with E-state index in [0.29, 0.717) is 16.9 Å². The quantitative estimate of drug-likeness (QED) is 0.398. The van der Waals surface area contributed by atoms with Crippen LogP contribution in [0.4, 0.5) is 16.2 Å². The second-order valence-corrected chi connectivity index (χ2v) is 9.14. The third kappa shape index (κ3) is 7.71. The highest BCUT2D eigenvalue weighted by atomic mass is 16.6. The molecule has 0 aliphatic heterocycles. The van der Waals surface area contributed by atoms with Crippen LogP contribution >= 0.6 is 0 Å². The smallest absolute Gasteiger partial charge is 0.412 e. The van der Waals surface area contributed by atoms with E-state index in [1.807, 2.05) is 30.3 Å². The second-order valence-electron chi connectivity index (χ2n) is 9.14. The molecule has 0 fully saturated rings. The predicted molar refractivity (Wildman–Crippen MR) is 122 cm³/mol. The minimum Gasteiger partial charge on any atom is -0.444 e. The van der Waals surface area contributed by atoms with Gasteiger partial charge in [0, 0.05) is 11.1 Å². The molecule has 6 heteroatoms. The van der Waals surface area contributed by atoms with Crippen molar-refractivity contribution < 1.29 is 19.1 Å². The van der Waals surface area contributed by atoms with Crippen LogP contribution in [0, 0.1) is 17.3 Å². The van der Waals surface area contributed by atoms with Gasteiger partial charge in [0.25, 0.3) is 0 Å². The first-order valence-electron chi connectivity index (χ1n) is 10.0. The summed E-state index contributed by atoms with van der Waals surface area (Å²) in [5.41, 5.74) is 6.76. The first-order valence-corrected chi connectivity index (χ1v) is 10.0. The maximum absolute atomic E-state index is 12.5. The molecule has 0 aliphatic carbocycles. The molecule has 1 amide bonds. The molecule has 2 aromatic rings. The number of esters is 1. The Morgan fingerprint density at radius 3 is 2.23 bits per heavy atom. The number of benzene rings is 2. The molecule has 3 N–H and O–H groups in total. The van der Waals surface area contributed by atoms with Gasteiger partial charge in [-0.25, -0.2) is 4.79 Å². The van der Waals surface area contributed by atoms with Crippen LogP contribution in [0.1, 0.15) is 58.8 Å². The first-order chi connectivity index (χ1) is 14.3. The Bertz CT molecular complexity index is 990. The summed E-state index contributed by atoms with van der Waals surface area (Å²) >= 11 is 0. The normalized spacial score (nSPS) is 12.2. The van der Waals surface area contributed by atoms with Crippen molar-refractivity contribution in [3.63, 3.8) is 0 Å². The highest BCUT2D eigenvalue weighted by molar-refractivity contribution is 5.89. The fourth-order valence-electron chi connectivity index (χ4n) is 2.39. The Hall–Kier alpha value is -3.46. The van der Waals surface area contributed by atoms with Gasteiger partial charge in [-0.05, 0) is 71.7 Å². The van der Waals surface area contributed by atoms with E-state index >= 15 is 0 Å². The summed E-state index contributed by atoms with van der Waals surface area (Å²) in [4.78, 5) is 24.7. The average Bonchev–Trinajstić information content (AvgIpc) is 2.65. The molecule has 0 aromatic heterocycles. The van der Waals surface area contributed by atoms with E-state index in [9.17, 15) is 9.59 Å². The topological polar surface area (TPSA) is 90.6 Å². The number of ether oxygens (including phenoxy) is 2. The van der Waals surface area contributed by atoms with Crippen molar-refractivity contribution in [3.8, 4) is 11.8 Å². The number of hydrogen-bond acceptors (Lipinski definition) is 5. The molecule has 6 nitrogen and oxygen atoms in total. The van der Waals surface area contributed by atoms with E-state index < -0.39 is 29.2 Å². The molecular formula is C25H30N2O4. The van der Waals surface area contributed by atoms with Crippen LogP contribution in [0.25, 0.3) is 0 Å². The Labute approximate surface area is 184 Å². The summed E-state index contributed by atoms with van der Waals surface area (Å²) < 4.78 is 11.0. The molecule has 0 radical (unpaired) electrons. The minimum absolute atomic E-state index is 0.352. The summed E-state index contributed by atoms with van der Waals surface area (Å²) in [6.45, 7) is 10.6. The maximum atomic E-state index is 12.5. The lowest BCUT2D eigenvalue weighted by Gasteiger charge is -2.22. The lowest BCUT2D eigenvalue weighted by molar-refractivity contribution is -0.156. The van der Waals surface area contributed by atoms with Gasteiger partial charge in [-0.2, -0.15) is 0 Å². The van der Waals surface area contributed by atoms with Gasteiger partial charge in [-0.15, -0.1) is 0 Å². The molecule has 2 aromatic carbocycles. The van der Waals surface area contributed by atoms with Crippen molar-refractivity contribution in [1.82, 2.24) is 0 Å². The first kappa shape index (κ1) is 23.8. The predicted octanol–water partition coefficient (Wildman–Crippen LogP) is 5.30. The Morgan fingerprint density at radius 2 is 1.65 bits per heavy atom. The monoisotopic (exact) mass is 422 g/mol. The lowest BCUT2D eigenvalue weighted by Crippen LogP contribution is -2.27.